The molecule has 27 heavy (non-hydrogen) atoms. The fraction of sp³-hybridized carbons (Fsp3) is 0.467. The van der Waals surface area contributed by atoms with Crippen LogP contribution < -0.4 is 11.5 Å². The zero-order chi connectivity index (χ0) is 19.8. The van der Waals surface area contributed by atoms with Crippen LogP contribution in [0.5, 0.6) is 0 Å². The highest BCUT2D eigenvalue weighted by atomic mass is 32.1. The molecule has 0 bridgehead atoms. The van der Waals surface area contributed by atoms with E-state index in [-0.39, 0.29) is 17.3 Å². The summed E-state index contributed by atoms with van der Waals surface area (Å²) in [5.74, 6) is -0.489. The highest BCUT2D eigenvalue weighted by Crippen LogP contribution is 2.40. The van der Waals surface area contributed by atoms with Gasteiger partial charge in [0.15, 0.2) is 5.82 Å². The summed E-state index contributed by atoms with van der Waals surface area (Å²) in [6.07, 6.45) is -3.08. The van der Waals surface area contributed by atoms with Gasteiger partial charge in [-0.15, -0.1) is 0 Å². The Morgan fingerprint density at radius 2 is 2.30 bits per heavy atom. The van der Waals surface area contributed by atoms with Crippen LogP contribution in [0.2, 0.25) is 0 Å². The number of hydrogen-bond donors (Lipinski definition) is 5. The van der Waals surface area contributed by atoms with E-state index in [0.29, 0.717) is 5.52 Å². The maximum atomic E-state index is 11.7. The predicted octanol–water partition coefficient (Wildman–Crippen LogP) is -2.05. The van der Waals surface area contributed by atoms with E-state index in [2.05, 4.69) is 22.7 Å². The molecule has 12 heteroatoms. The van der Waals surface area contributed by atoms with Gasteiger partial charge in [0.2, 0.25) is 5.60 Å². The number of nitrogen functional groups attached to an aromatic ring is 1. The molecule has 0 radical (unpaired) electrons. The van der Waals surface area contributed by atoms with Gasteiger partial charge in [-0.1, -0.05) is 0 Å². The summed E-state index contributed by atoms with van der Waals surface area (Å²) < 4.78 is 11.9. The third-order valence-electron chi connectivity index (χ3n) is 4.38. The van der Waals surface area contributed by atoms with E-state index in [1.807, 2.05) is 6.07 Å². The Balaban J connectivity index is 1.90. The van der Waals surface area contributed by atoms with E-state index in [1.54, 1.807) is 6.07 Å². The van der Waals surface area contributed by atoms with E-state index in [9.17, 15) is 20.3 Å². The summed E-state index contributed by atoms with van der Waals surface area (Å²) >= 11 is 3.90. The van der Waals surface area contributed by atoms with Crippen molar-refractivity contribution in [1.29, 1.82) is 5.26 Å². The number of hydrogen-bond acceptors (Lipinski definition) is 11. The van der Waals surface area contributed by atoms with E-state index in [0.717, 1.165) is 0 Å². The van der Waals surface area contributed by atoms with Crippen LogP contribution in [0.15, 0.2) is 18.5 Å². The molecular formula is C15H18N6O5S. The Hall–Kier alpha value is -2.43. The second kappa shape index (κ2) is 7.29. The maximum absolute atomic E-state index is 11.7. The number of aromatic nitrogens is 3. The molecule has 0 saturated carbocycles. The Kier molecular flexibility index (Phi) is 5.22. The van der Waals surface area contributed by atoms with Crippen molar-refractivity contribution in [2.45, 2.75) is 30.0 Å². The molecule has 5 atom stereocenters. The van der Waals surface area contributed by atoms with Gasteiger partial charge >= 0.3 is 5.97 Å². The average Bonchev–Trinajstić information content (AvgIpc) is 3.21. The number of anilines is 1. The molecule has 1 aliphatic rings. The number of aliphatic hydroxyl groups excluding tert-OH is 2. The van der Waals surface area contributed by atoms with Crippen molar-refractivity contribution in [1.82, 2.24) is 14.6 Å². The first-order valence-corrected chi connectivity index (χ1v) is 8.56. The number of rotatable bonds is 5. The quantitative estimate of drug-likeness (QED) is 0.279. The van der Waals surface area contributed by atoms with E-state index < -0.39 is 42.5 Å². The summed E-state index contributed by atoms with van der Waals surface area (Å²) in [4.78, 5) is 15.5. The fourth-order valence-electron chi connectivity index (χ4n) is 2.90. The maximum Gasteiger partial charge on any atom is 0.323 e. The van der Waals surface area contributed by atoms with E-state index >= 15 is 0 Å². The molecule has 0 aromatic carbocycles. The highest BCUT2D eigenvalue weighted by molar-refractivity contribution is 7.80. The first-order chi connectivity index (χ1) is 12.9. The molecule has 144 valence electrons. The van der Waals surface area contributed by atoms with Crippen LogP contribution in [0, 0.1) is 11.3 Å². The number of thiol groups is 1. The molecule has 1 fully saturated rings. The standard InChI is InChI=1S/C15H18N6O5S/c16-5-15(10-2-1-8-13(18)19-6-20-21(8)10)12(23)11(22)9(26-15)3-25-14(24)7(17)4-27/h1-2,6-7,9,11-12,22-23,27H,3-4,17H2,(H2,18,19,20)/t7-,9-,11-,12-,15+/m1/s1. The minimum Gasteiger partial charge on any atom is -0.462 e. The van der Waals surface area contributed by atoms with Gasteiger partial charge in [-0.05, 0) is 12.1 Å². The van der Waals surface area contributed by atoms with Gasteiger partial charge in [0.25, 0.3) is 0 Å². The van der Waals surface area contributed by atoms with Crippen molar-refractivity contribution < 1.29 is 24.5 Å². The minimum absolute atomic E-state index is 0.0783. The summed E-state index contributed by atoms with van der Waals surface area (Å²) in [6.45, 7) is -0.400. The van der Waals surface area contributed by atoms with Gasteiger partial charge in [0.1, 0.15) is 48.9 Å². The second-order valence-electron chi connectivity index (χ2n) is 6.02. The third kappa shape index (κ3) is 3.09. The number of nitrogens with two attached hydrogens (primary N) is 2. The van der Waals surface area contributed by atoms with Gasteiger partial charge in [0.05, 0.1) is 5.69 Å². The molecule has 0 aliphatic carbocycles. The molecule has 2 aromatic rings. The summed E-state index contributed by atoms with van der Waals surface area (Å²) in [5, 5.41) is 34.6. The molecule has 1 saturated heterocycles. The van der Waals surface area contributed by atoms with Crippen molar-refractivity contribution >= 4 is 29.9 Å². The number of nitrogens with zero attached hydrogens (tertiary/aromatic N) is 4. The fourth-order valence-corrected chi connectivity index (χ4v) is 3.05. The number of esters is 1. The van der Waals surface area contributed by atoms with Crippen molar-refractivity contribution in [3.05, 3.63) is 24.2 Å². The number of carbonyl (C=O) groups is 1. The van der Waals surface area contributed by atoms with E-state index in [4.69, 9.17) is 20.9 Å². The third-order valence-corrected chi connectivity index (χ3v) is 4.77. The smallest absolute Gasteiger partial charge is 0.323 e. The van der Waals surface area contributed by atoms with Crippen LogP contribution in [0.3, 0.4) is 0 Å². The second-order valence-corrected chi connectivity index (χ2v) is 6.38. The van der Waals surface area contributed by atoms with Gasteiger partial charge in [-0.25, -0.2) is 9.50 Å². The molecule has 1 aliphatic heterocycles. The van der Waals surface area contributed by atoms with Gasteiger partial charge in [0, 0.05) is 5.75 Å². The highest BCUT2D eigenvalue weighted by Gasteiger charge is 2.57. The molecule has 0 amide bonds. The number of nitriles is 1. The molecule has 3 rings (SSSR count). The van der Waals surface area contributed by atoms with Crippen LogP contribution in [-0.2, 0) is 19.9 Å². The number of ether oxygens (including phenoxy) is 2. The number of aliphatic hydroxyl groups is 2. The lowest BCUT2D eigenvalue weighted by atomic mass is 9.92. The van der Waals surface area contributed by atoms with Gasteiger partial charge in [-0.3, -0.25) is 4.79 Å². The van der Waals surface area contributed by atoms with Crippen molar-refractivity contribution in [3.63, 3.8) is 0 Å². The largest absolute Gasteiger partial charge is 0.462 e. The SMILES string of the molecule is N#C[C@@]1(c2ccc3c(N)ncnn23)O[C@H](COC(=O)[C@H](N)CS)[C@@H](O)[C@H]1O. The van der Waals surface area contributed by atoms with Crippen LogP contribution in [0.1, 0.15) is 5.69 Å². The van der Waals surface area contributed by atoms with Crippen molar-refractivity contribution in [3.8, 4) is 6.07 Å². The summed E-state index contributed by atoms with van der Waals surface area (Å²) in [6, 6.07) is 4.00. The zero-order valence-corrected chi connectivity index (χ0v) is 14.9. The topological polar surface area (TPSA) is 182 Å². The van der Waals surface area contributed by atoms with E-state index in [1.165, 1.54) is 16.9 Å². The lowest BCUT2D eigenvalue weighted by Crippen LogP contribution is -2.41. The van der Waals surface area contributed by atoms with Gasteiger partial charge < -0.3 is 31.2 Å². The minimum atomic E-state index is -1.95. The van der Waals surface area contributed by atoms with Crippen LogP contribution >= 0.6 is 12.6 Å². The monoisotopic (exact) mass is 394 g/mol. The average molecular weight is 394 g/mol. The molecule has 11 nitrogen and oxygen atoms in total. The molecule has 2 aromatic heterocycles. The summed E-state index contributed by atoms with van der Waals surface area (Å²) in [7, 11) is 0. The summed E-state index contributed by atoms with van der Waals surface area (Å²) in [5.41, 5.74) is 9.90. The van der Waals surface area contributed by atoms with Crippen molar-refractivity contribution in [2.75, 3.05) is 18.1 Å². The number of fused-ring (bicyclic) bond motifs is 1. The Morgan fingerprint density at radius 1 is 1.56 bits per heavy atom. The van der Waals surface area contributed by atoms with Crippen LogP contribution in [-0.4, -0.2) is 67.5 Å². The zero-order valence-electron chi connectivity index (χ0n) is 14.0. The Bertz CT molecular complexity index is 900. The molecule has 0 spiro atoms. The molecule has 6 N–H and O–H groups in total. The Labute approximate surface area is 158 Å². The lowest BCUT2D eigenvalue weighted by Gasteiger charge is -2.24. The predicted molar refractivity (Wildman–Crippen MR) is 94.4 cm³/mol. The first kappa shape index (κ1) is 19.3. The molecule has 0 unspecified atom stereocenters. The van der Waals surface area contributed by atoms with Gasteiger partial charge in [-0.2, -0.15) is 23.0 Å². The first-order valence-electron chi connectivity index (χ1n) is 7.92. The Morgan fingerprint density at radius 3 is 2.96 bits per heavy atom. The lowest BCUT2D eigenvalue weighted by molar-refractivity contribution is -0.151. The normalized spacial score (nSPS) is 28.8. The number of carbonyl (C=O) groups excluding carboxylic acids is 1. The molecular weight excluding hydrogens is 376 g/mol. The van der Waals surface area contributed by atoms with Crippen LogP contribution in [0.4, 0.5) is 5.82 Å². The van der Waals surface area contributed by atoms with Crippen molar-refractivity contribution in [2.24, 2.45) is 5.73 Å². The van der Waals surface area contributed by atoms with Crippen LogP contribution in [0.25, 0.3) is 5.52 Å². The molecule has 3 heterocycles.